The van der Waals surface area contributed by atoms with Gasteiger partial charge in [-0.25, -0.2) is 18.7 Å². The maximum absolute atomic E-state index is 14.4. The van der Waals surface area contributed by atoms with E-state index in [4.69, 9.17) is 11.5 Å². The van der Waals surface area contributed by atoms with Crippen LogP contribution >= 0.6 is 0 Å². The summed E-state index contributed by atoms with van der Waals surface area (Å²) in [6, 6.07) is 9.98. The molecular weight excluding hydrogens is 643 g/mol. The van der Waals surface area contributed by atoms with Gasteiger partial charge in [-0.05, 0) is 47.7 Å². The van der Waals surface area contributed by atoms with E-state index in [1.165, 1.54) is 18.2 Å². The fraction of sp³-hybridized carbons (Fsp3) is 0.129. The summed E-state index contributed by atoms with van der Waals surface area (Å²) in [6.07, 6.45) is 2.30. The first-order valence-electron chi connectivity index (χ1n) is 14.6. The quantitative estimate of drug-likeness (QED) is 0.116. The van der Waals surface area contributed by atoms with Crippen LogP contribution in [0.1, 0.15) is 60.5 Å². The Morgan fingerprint density at radius 3 is 2.61 bits per heavy atom. The smallest absolute Gasteiger partial charge is 0.394 e. The van der Waals surface area contributed by atoms with Gasteiger partial charge in [0.2, 0.25) is 0 Å². The van der Waals surface area contributed by atoms with Crippen LogP contribution in [0.3, 0.4) is 0 Å². The number of carbonyl (C=O) groups is 3. The number of benzene rings is 2. The second-order valence-corrected chi connectivity index (χ2v) is 11.2. The lowest BCUT2D eigenvalue weighted by Gasteiger charge is -2.16. The first kappa shape index (κ1) is 30.7. The molecule has 7 rings (SSSR count). The van der Waals surface area contributed by atoms with Crippen LogP contribution in [0.15, 0.2) is 67.6 Å². The zero-order valence-corrected chi connectivity index (χ0v) is 25.0. The van der Waals surface area contributed by atoms with Crippen LogP contribution in [0.4, 0.5) is 21.5 Å². The molecular formula is C31H23FN10O7. The number of primary amides is 1. The Kier molecular flexibility index (Phi) is 7.30. The Bertz CT molecular complexity index is 2490. The van der Waals surface area contributed by atoms with E-state index in [9.17, 15) is 33.2 Å². The molecule has 0 bridgehead atoms. The van der Waals surface area contributed by atoms with E-state index in [0.29, 0.717) is 24.0 Å². The van der Waals surface area contributed by atoms with Gasteiger partial charge in [-0.2, -0.15) is 5.10 Å². The molecule has 6 aromatic rings. The lowest BCUT2D eigenvalue weighted by atomic mass is 10.0. The summed E-state index contributed by atoms with van der Waals surface area (Å²) in [5.41, 5.74) is 10.8. The van der Waals surface area contributed by atoms with E-state index >= 15 is 0 Å². The molecule has 246 valence electrons. The molecule has 3 aromatic heterocycles. The predicted molar refractivity (Wildman–Crippen MR) is 169 cm³/mol. The number of aromatic nitrogens is 5. The number of aromatic amines is 1. The number of rotatable bonds is 9. The minimum absolute atomic E-state index is 0.105. The van der Waals surface area contributed by atoms with Crippen LogP contribution < -0.4 is 44.0 Å². The van der Waals surface area contributed by atoms with Crippen LogP contribution in [-0.4, -0.2) is 42.5 Å². The van der Waals surface area contributed by atoms with Crippen molar-refractivity contribution in [1.82, 2.24) is 35.4 Å². The first-order chi connectivity index (χ1) is 23.5. The number of H-pyrrole nitrogens is 1. The zero-order chi connectivity index (χ0) is 34.6. The average Bonchev–Trinajstić information content (AvgIpc) is 3.84. The molecule has 3 amide bonds. The molecule has 1 aliphatic rings. The standard InChI is InChI=1S/C31H23FN10O7/c32-17-5-1-12(7-19(17)37-23-22(33)24(43)25(23)44)10-35-29(46)20-9-21(42-28(38-20)16(11-36-42)26(34)45)30(47)39-18-6-3-13-8-14(2-4-15(13)18)27-40-31(48)49-41-27/h1-2,4-5,7-9,11,18,37H,3,6,10,33H2,(H2,34,45)(H,35,46)(H,39,47)(H,40,41,48)/t18-/m0/s1. The molecule has 0 aliphatic heterocycles. The number of fused-ring (bicyclic) bond motifs is 2. The van der Waals surface area contributed by atoms with Crippen molar-refractivity contribution in [2.75, 3.05) is 11.1 Å². The highest BCUT2D eigenvalue weighted by Crippen LogP contribution is 2.34. The highest BCUT2D eigenvalue weighted by molar-refractivity contribution is 6.02. The Hall–Kier alpha value is -6.98. The second kappa shape index (κ2) is 11.7. The van der Waals surface area contributed by atoms with Crippen molar-refractivity contribution >= 4 is 40.4 Å². The number of amides is 3. The van der Waals surface area contributed by atoms with Gasteiger partial charge in [-0.15, -0.1) is 0 Å². The van der Waals surface area contributed by atoms with Crippen molar-refractivity contribution in [3.8, 4) is 11.4 Å². The molecule has 49 heavy (non-hydrogen) atoms. The lowest BCUT2D eigenvalue weighted by Crippen LogP contribution is -2.36. The predicted octanol–water partition coefficient (Wildman–Crippen LogP) is 0.580. The molecule has 3 aromatic carbocycles. The molecule has 0 saturated carbocycles. The highest BCUT2D eigenvalue weighted by Gasteiger charge is 2.28. The monoisotopic (exact) mass is 666 g/mol. The summed E-state index contributed by atoms with van der Waals surface area (Å²) in [5.74, 6) is -3.38. The molecule has 0 radical (unpaired) electrons. The van der Waals surface area contributed by atoms with Crippen molar-refractivity contribution in [2.45, 2.75) is 25.4 Å². The van der Waals surface area contributed by atoms with Gasteiger partial charge in [0.25, 0.3) is 28.6 Å². The molecule has 1 atom stereocenters. The maximum Gasteiger partial charge on any atom is 0.439 e. The number of nitrogens with two attached hydrogens (primary N) is 2. The molecule has 1 aliphatic carbocycles. The Morgan fingerprint density at radius 1 is 1.06 bits per heavy atom. The Labute approximate surface area is 271 Å². The van der Waals surface area contributed by atoms with Gasteiger partial charge < -0.3 is 27.4 Å². The average molecular weight is 667 g/mol. The summed E-state index contributed by atoms with van der Waals surface area (Å²) < 4.78 is 20.1. The second-order valence-electron chi connectivity index (χ2n) is 11.2. The van der Waals surface area contributed by atoms with E-state index < -0.39 is 46.2 Å². The highest BCUT2D eigenvalue weighted by atomic mass is 19.1. The van der Waals surface area contributed by atoms with Crippen LogP contribution in [0.5, 0.6) is 0 Å². The summed E-state index contributed by atoms with van der Waals surface area (Å²) >= 11 is 0. The van der Waals surface area contributed by atoms with Crippen LogP contribution in [0.2, 0.25) is 0 Å². The van der Waals surface area contributed by atoms with Crippen molar-refractivity contribution in [3.63, 3.8) is 0 Å². The lowest BCUT2D eigenvalue weighted by molar-refractivity contribution is 0.0927. The van der Waals surface area contributed by atoms with E-state index in [1.54, 1.807) is 6.07 Å². The van der Waals surface area contributed by atoms with Crippen molar-refractivity contribution in [1.29, 1.82) is 0 Å². The largest absolute Gasteiger partial charge is 0.439 e. The van der Waals surface area contributed by atoms with Crippen LogP contribution in [0.25, 0.3) is 17.0 Å². The number of nitrogen functional groups attached to an aromatic ring is 1. The number of nitrogens with zero attached hydrogens (tertiary/aromatic N) is 4. The van der Waals surface area contributed by atoms with Gasteiger partial charge in [0.15, 0.2) is 11.5 Å². The number of hydrogen-bond acceptors (Lipinski definition) is 12. The third-order valence-corrected chi connectivity index (χ3v) is 8.13. The summed E-state index contributed by atoms with van der Waals surface area (Å²) in [4.78, 5) is 80.4. The minimum atomic E-state index is -0.880. The minimum Gasteiger partial charge on any atom is -0.394 e. The SMILES string of the molecule is NC(=O)c1cnn2c(C(=O)N[C@H]3CCc4cc(-c5noc(=O)[nH]5)ccc43)cc(C(=O)NCc3ccc(F)c(Nc4c(N)c(=O)c4=O)c3)nc12. The van der Waals surface area contributed by atoms with Gasteiger partial charge in [0.05, 0.1) is 17.9 Å². The summed E-state index contributed by atoms with van der Waals surface area (Å²) in [5, 5.41) is 15.9. The molecule has 17 nitrogen and oxygen atoms in total. The summed E-state index contributed by atoms with van der Waals surface area (Å²) in [7, 11) is 0. The number of anilines is 3. The third kappa shape index (κ3) is 5.45. The maximum atomic E-state index is 14.4. The molecule has 0 fully saturated rings. The number of halogens is 1. The molecule has 0 spiro atoms. The van der Waals surface area contributed by atoms with E-state index in [0.717, 1.165) is 27.9 Å². The van der Waals surface area contributed by atoms with E-state index in [1.807, 2.05) is 12.1 Å². The van der Waals surface area contributed by atoms with Crippen LogP contribution in [-0.2, 0) is 13.0 Å². The van der Waals surface area contributed by atoms with Gasteiger partial charge in [0, 0.05) is 18.2 Å². The molecule has 8 N–H and O–H groups in total. The van der Waals surface area contributed by atoms with Gasteiger partial charge >= 0.3 is 5.76 Å². The van der Waals surface area contributed by atoms with Gasteiger partial charge in [-0.3, -0.25) is 33.5 Å². The van der Waals surface area contributed by atoms with Crippen LogP contribution in [0, 0.1) is 5.82 Å². The van der Waals surface area contributed by atoms with E-state index in [2.05, 4.69) is 40.7 Å². The number of aryl methyl sites for hydroxylation is 1. The third-order valence-electron chi connectivity index (χ3n) is 8.13. The molecule has 0 saturated heterocycles. The summed E-state index contributed by atoms with van der Waals surface area (Å²) in [6.45, 7) is -0.144. The fourth-order valence-electron chi connectivity index (χ4n) is 5.64. The molecule has 3 heterocycles. The van der Waals surface area contributed by atoms with Crippen molar-refractivity contribution in [2.24, 2.45) is 5.73 Å². The number of carbonyl (C=O) groups excluding carboxylic acids is 3. The topological polar surface area (TPSA) is 263 Å². The normalized spacial score (nSPS) is 13.8. The molecule has 18 heteroatoms. The Morgan fingerprint density at radius 2 is 1.88 bits per heavy atom. The van der Waals surface area contributed by atoms with E-state index in [-0.39, 0.29) is 52.0 Å². The van der Waals surface area contributed by atoms with Crippen molar-refractivity contribution < 1.29 is 23.3 Å². The molecule has 0 unspecified atom stereocenters. The fourth-order valence-corrected chi connectivity index (χ4v) is 5.64. The zero-order valence-electron chi connectivity index (χ0n) is 25.0. The number of nitrogens with one attached hydrogen (secondary N) is 4. The first-order valence-corrected chi connectivity index (χ1v) is 14.6. The number of hydrogen-bond donors (Lipinski definition) is 6. The van der Waals surface area contributed by atoms with Gasteiger partial charge in [0.1, 0.15) is 34.1 Å². The van der Waals surface area contributed by atoms with Crippen molar-refractivity contribution in [3.05, 3.63) is 119 Å². The Balaban J connectivity index is 1.12. The van der Waals surface area contributed by atoms with Gasteiger partial charge in [-0.1, -0.05) is 23.4 Å².